The first-order valence-electron chi connectivity index (χ1n) is 12.7. The number of hydrogen-bond acceptors (Lipinski definition) is 6. The average molecular weight is 486 g/mol. The molecule has 2 bridgehead atoms. The molecule has 0 aromatic carbocycles. The number of carbonyl (C=O) groups excluding carboxylic acids is 2. The van der Waals surface area contributed by atoms with Crippen LogP contribution in [0.4, 0.5) is 4.79 Å². The van der Waals surface area contributed by atoms with Crippen molar-refractivity contribution in [3.63, 3.8) is 0 Å². The second-order valence-electron chi connectivity index (χ2n) is 12.4. The summed E-state index contributed by atoms with van der Waals surface area (Å²) in [7, 11) is 1.62. The maximum absolute atomic E-state index is 14.6. The van der Waals surface area contributed by atoms with E-state index >= 15 is 0 Å². The Bertz CT molecular complexity index is 1040. The third-order valence-electron chi connectivity index (χ3n) is 9.60. The summed E-state index contributed by atoms with van der Waals surface area (Å²) in [6, 6.07) is 0. The number of amides is 1. The van der Waals surface area contributed by atoms with Crippen molar-refractivity contribution >= 4 is 11.9 Å². The van der Waals surface area contributed by atoms with Crippen molar-refractivity contribution in [2.45, 2.75) is 71.6 Å². The van der Waals surface area contributed by atoms with Crippen LogP contribution in [-0.2, 0) is 19.0 Å². The fourth-order valence-corrected chi connectivity index (χ4v) is 7.76. The van der Waals surface area contributed by atoms with E-state index in [0.29, 0.717) is 18.0 Å². The van der Waals surface area contributed by atoms with Crippen LogP contribution in [0.25, 0.3) is 0 Å². The number of rotatable bonds is 3. The molecule has 0 aromatic heterocycles. The quantitative estimate of drug-likeness (QED) is 0.611. The van der Waals surface area contributed by atoms with E-state index in [1.807, 2.05) is 32.9 Å². The highest BCUT2D eigenvalue weighted by Crippen LogP contribution is 2.72. The average Bonchev–Trinajstić information content (AvgIpc) is 3.26. The highest BCUT2D eigenvalue weighted by atomic mass is 16.7. The number of fused-ring (bicyclic) bond motifs is 5. The molecule has 0 radical (unpaired) electrons. The van der Waals surface area contributed by atoms with Gasteiger partial charge in [0.05, 0.1) is 12.0 Å². The van der Waals surface area contributed by atoms with Crippen LogP contribution in [0.5, 0.6) is 0 Å². The maximum atomic E-state index is 14.6. The predicted octanol–water partition coefficient (Wildman–Crippen LogP) is 3.88. The minimum Gasteiger partial charge on any atom is -0.438 e. The monoisotopic (exact) mass is 485 g/mol. The van der Waals surface area contributed by atoms with Crippen LogP contribution in [0.3, 0.4) is 0 Å². The van der Waals surface area contributed by atoms with Crippen molar-refractivity contribution in [3.8, 4) is 0 Å². The van der Waals surface area contributed by atoms with Gasteiger partial charge in [0.2, 0.25) is 0 Å². The SMILES string of the molecule is C=CCN(C)C(=O)O[C@H]1C(C)=CC23C(=O)[C@@H](C=C4COC(C)(C)O[C@H]4[C@]12O)[C@H]1[C@@H](CC3C)C1(C)C. The van der Waals surface area contributed by atoms with Crippen molar-refractivity contribution in [3.05, 3.63) is 36.0 Å². The first-order valence-corrected chi connectivity index (χ1v) is 12.7. The molecular weight excluding hydrogens is 446 g/mol. The molecule has 1 N–H and O–H groups in total. The zero-order valence-corrected chi connectivity index (χ0v) is 22.0. The summed E-state index contributed by atoms with van der Waals surface area (Å²) in [4.78, 5) is 29.0. The Hall–Kier alpha value is -1.96. The van der Waals surface area contributed by atoms with Gasteiger partial charge in [0.15, 0.2) is 23.3 Å². The number of ether oxygens (including phenoxy) is 3. The van der Waals surface area contributed by atoms with Gasteiger partial charge in [-0.15, -0.1) is 6.58 Å². The van der Waals surface area contributed by atoms with Gasteiger partial charge in [0, 0.05) is 19.5 Å². The van der Waals surface area contributed by atoms with Crippen LogP contribution < -0.4 is 0 Å². The zero-order valence-electron chi connectivity index (χ0n) is 22.0. The third-order valence-corrected chi connectivity index (χ3v) is 9.60. The van der Waals surface area contributed by atoms with E-state index < -0.39 is 35.1 Å². The fourth-order valence-electron chi connectivity index (χ4n) is 7.76. The Morgan fingerprint density at radius 1 is 1.34 bits per heavy atom. The van der Waals surface area contributed by atoms with E-state index in [-0.39, 0.29) is 35.6 Å². The number of allylic oxidation sites excluding steroid dienone is 1. The normalized spacial score (nSPS) is 44.4. The number of ketones is 1. The van der Waals surface area contributed by atoms with Crippen LogP contribution in [-0.4, -0.2) is 65.7 Å². The van der Waals surface area contributed by atoms with Crippen molar-refractivity contribution in [1.82, 2.24) is 4.90 Å². The molecule has 7 nitrogen and oxygen atoms in total. The van der Waals surface area contributed by atoms with Crippen LogP contribution in [0.1, 0.15) is 48.0 Å². The summed E-state index contributed by atoms with van der Waals surface area (Å²) in [5, 5.41) is 12.9. The maximum Gasteiger partial charge on any atom is 0.410 e. The van der Waals surface area contributed by atoms with Gasteiger partial charge >= 0.3 is 6.09 Å². The molecule has 4 aliphatic carbocycles. The lowest BCUT2D eigenvalue weighted by Gasteiger charge is -2.52. The number of nitrogens with zero attached hydrogens (tertiary/aromatic N) is 1. The van der Waals surface area contributed by atoms with Crippen LogP contribution in [0.2, 0.25) is 0 Å². The second kappa shape index (κ2) is 7.53. The van der Waals surface area contributed by atoms with E-state index in [4.69, 9.17) is 14.2 Å². The van der Waals surface area contributed by atoms with E-state index in [1.165, 1.54) is 4.90 Å². The third kappa shape index (κ3) is 3.13. The fraction of sp³-hybridized carbons (Fsp3) is 0.714. The van der Waals surface area contributed by atoms with E-state index in [1.54, 1.807) is 13.1 Å². The van der Waals surface area contributed by atoms with Crippen molar-refractivity contribution < 1.29 is 28.9 Å². The highest BCUT2D eigenvalue weighted by molar-refractivity contribution is 5.95. The lowest BCUT2D eigenvalue weighted by Crippen LogP contribution is -2.68. The van der Waals surface area contributed by atoms with Gasteiger partial charge in [0.25, 0.3) is 0 Å². The summed E-state index contributed by atoms with van der Waals surface area (Å²) < 4.78 is 18.4. The molecular formula is C28H39NO6. The standard InChI is InChI=1S/C28H39NO6/c1-9-10-29(8)24(31)34-22-15(2)13-27-16(3)11-19-20(25(19,4)5)18(21(27)30)12-17-14-33-26(6,7)35-23(17)28(22,27)32/h9,12-13,16,18-20,22-23,32H,1,10-11,14H2,2-8H3/t16?,18-,19+,20-,22-,23+,27?,28+/m0/s1. The Labute approximate surface area is 208 Å². The molecule has 2 saturated carbocycles. The Kier molecular flexibility index (Phi) is 5.32. The molecule has 5 rings (SSSR count). The van der Waals surface area contributed by atoms with Gasteiger partial charge in [-0.3, -0.25) is 4.79 Å². The first-order chi connectivity index (χ1) is 16.2. The number of Topliss-reactive ketones (excluding diaryl/α,β-unsaturated/α-hetero) is 1. The molecule has 8 atom stereocenters. The lowest BCUT2D eigenvalue weighted by atomic mass is 9.59. The molecule has 5 aliphatic rings. The molecule has 7 heteroatoms. The molecule has 0 aromatic rings. The predicted molar refractivity (Wildman–Crippen MR) is 130 cm³/mol. The largest absolute Gasteiger partial charge is 0.438 e. The van der Waals surface area contributed by atoms with Gasteiger partial charge in [-0.1, -0.05) is 39.0 Å². The summed E-state index contributed by atoms with van der Waals surface area (Å²) in [5.74, 6) is -0.874. The van der Waals surface area contributed by atoms with E-state index in [2.05, 4.69) is 27.4 Å². The van der Waals surface area contributed by atoms with Crippen LogP contribution >= 0.6 is 0 Å². The first kappa shape index (κ1) is 24.7. The molecule has 35 heavy (non-hydrogen) atoms. The zero-order chi connectivity index (χ0) is 25.7. The molecule has 1 saturated heterocycles. The second-order valence-corrected chi connectivity index (χ2v) is 12.4. The summed E-state index contributed by atoms with van der Waals surface area (Å²) in [6.45, 7) is 16.2. The molecule has 192 valence electrons. The molecule has 3 fully saturated rings. The number of aliphatic hydroxyl groups is 1. The lowest BCUT2D eigenvalue weighted by molar-refractivity contribution is -0.303. The Morgan fingerprint density at radius 3 is 2.69 bits per heavy atom. The van der Waals surface area contributed by atoms with Gasteiger partial charge in [0.1, 0.15) is 6.10 Å². The van der Waals surface area contributed by atoms with E-state index in [0.717, 1.165) is 12.0 Å². The van der Waals surface area contributed by atoms with Gasteiger partial charge in [-0.2, -0.15) is 0 Å². The molecule has 1 aliphatic heterocycles. The summed E-state index contributed by atoms with van der Waals surface area (Å²) in [6.07, 6.45) is 3.88. The molecule has 1 heterocycles. The minimum atomic E-state index is -1.79. The van der Waals surface area contributed by atoms with Crippen molar-refractivity contribution in [2.24, 2.45) is 34.5 Å². The topological polar surface area (TPSA) is 85.3 Å². The number of likely N-dealkylation sites (N-methyl/N-ethyl adjacent to an activating group) is 1. The number of hydrogen-bond donors (Lipinski definition) is 1. The molecule has 1 amide bonds. The van der Waals surface area contributed by atoms with E-state index in [9.17, 15) is 14.7 Å². The Morgan fingerprint density at radius 2 is 2.03 bits per heavy atom. The Balaban J connectivity index is 1.68. The van der Waals surface area contributed by atoms with Gasteiger partial charge < -0.3 is 24.2 Å². The van der Waals surface area contributed by atoms with Crippen molar-refractivity contribution in [1.29, 1.82) is 0 Å². The summed E-state index contributed by atoms with van der Waals surface area (Å²) >= 11 is 0. The molecule has 1 spiro atoms. The van der Waals surface area contributed by atoms with Crippen LogP contribution in [0, 0.1) is 34.5 Å². The van der Waals surface area contributed by atoms with Crippen molar-refractivity contribution in [2.75, 3.05) is 20.2 Å². The number of carbonyl (C=O) groups is 2. The van der Waals surface area contributed by atoms with Gasteiger partial charge in [-0.05, 0) is 61.5 Å². The summed E-state index contributed by atoms with van der Waals surface area (Å²) in [5.41, 5.74) is -1.54. The molecule has 2 unspecified atom stereocenters. The van der Waals surface area contributed by atoms with Crippen LogP contribution in [0.15, 0.2) is 36.0 Å². The minimum absolute atomic E-state index is 0.00577. The highest BCUT2D eigenvalue weighted by Gasteiger charge is 2.77. The smallest absolute Gasteiger partial charge is 0.410 e. The van der Waals surface area contributed by atoms with Gasteiger partial charge in [-0.25, -0.2) is 4.79 Å².